The zero-order chi connectivity index (χ0) is 12.5. The number of nitrogen functional groups attached to an aromatic ring is 1. The van der Waals surface area contributed by atoms with Crippen molar-refractivity contribution in [2.45, 2.75) is 6.92 Å². The molecule has 0 bridgehead atoms. The minimum Gasteiger partial charge on any atom is -0.397 e. The first-order chi connectivity index (χ1) is 8.75. The van der Waals surface area contributed by atoms with Crippen molar-refractivity contribution in [1.82, 2.24) is 10.3 Å². The molecule has 0 aliphatic carbocycles. The molecule has 0 amide bonds. The van der Waals surface area contributed by atoms with Crippen molar-refractivity contribution in [3.63, 3.8) is 0 Å². The van der Waals surface area contributed by atoms with Crippen LogP contribution in [-0.4, -0.2) is 10.3 Å². The van der Waals surface area contributed by atoms with Crippen molar-refractivity contribution >= 4 is 28.1 Å². The van der Waals surface area contributed by atoms with E-state index in [9.17, 15) is 0 Å². The van der Waals surface area contributed by atoms with E-state index in [0.29, 0.717) is 16.7 Å². The fourth-order valence-electron chi connectivity index (χ4n) is 1.84. The molecule has 5 heteroatoms. The zero-order valence-electron chi connectivity index (χ0n) is 9.84. The van der Waals surface area contributed by atoms with Crippen LogP contribution in [0.3, 0.4) is 0 Å². The molecule has 1 heterocycles. The van der Waals surface area contributed by atoms with Crippen LogP contribution in [0.15, 0.2) is 41.0 Å². The maximum absolute atomic E-state index is 5.80. The highest BCUT2D eigenvalue weighted by atomic mass is 16.6. The van der Waals surface area contributed by atoms with Crippen LogP contribution in [0.25, 0.3) is 11.0 Å². The Morgan fingerprint density at radius 3 is 2.61 bits per heavy atom. The van der Waals surface area contributed by atoms with Crippen LogP contribution in [0, 0.1) is 6.92 Å². The average molecular weight is 240 g/mol. The molecule has 3 rings (SSSR count). The normalized spacial score (nSPS) is 10.7. The summed E-state index contributed by atoms with van der Waals surface area (Å²) in [6, 6.07) is 11.7. The predicted molar refractivity (Wildman–Crippen MR) is 70.7 cm³/mol. The minimum atomic E-state index is 0.557. The molecule has 0 saturated carbocycles. The van der Waals surface area contributed by atoms with Crippen molar-refractivity contribution in [2.24, 2.45) is 0 Å². The average Bonchev–Trinajstić information content (AvgIpc) is 2.85. The molecular formula is C13H12N4O. The van der Waals surface area contributed by atoms with Gasteiger partial charge in [-0.3, -0.25) is 0 Å². The first-order valence-electron chi connectivity index (χ1n) is 5.59. The first-order valence-corrected chi connectivity index (χ1v) is 5.59. The quantitative estimate of drug-likeness (QED) is 0.673. The second-order valence-electron chi connectivity index (χ2n) is 4.10. The van der Waals surface area contributed by atoms with Crippen LogP contribution < -0.4 is 11.1 Å². The van der Waals surface area contributed by atoms with Gasteiger partial charge in [0.05, 0.1) is 11.4 Å². The third-order valence-corrected chi connectivity index (χ3v) is 2.86. The van der Waals surface area contributed by atoms with Gasteiger partial charge in [0.25, 0.3) is 0 Å². The highest BCUT2D eigenvalue weighted by Crippen LogP contribution is 2.28. The number of nitrogens with one attached hydrogen (secondary N) is 1. The van der Waals surface area contributed by atoms with E-state index in [2.05, 4.69) is 15.6 Å². The summed E-state index contributed by atoms with van der Waals surface area (Å²) in [5, 5.41) is 11.0. The summed E-state index contributed by atoms with van der Waals surface area (Å²) >= 11 is 0. The number of benzene rings is 2. The van der Waals surface area contributed by atoms with Crippen LogP contribution in [0.4, 0.5) is 17.1 Å². The van der Waals surface area contributed by atoms with Crippen LogP contribution in [-0.2, 0) is 0 Å². The number of hydrogen-bond acceptors (Lipinski definition) is 5. The molecule has 0 aliphatic heterocycles. The van der Waals surface area contributed by atoms with E-state index >= 15 is 0 Å². The van der Waals surface area contributed by atoms with Gasteiger partial charge in [0, 0.05) is 5.69 Å². The van der Waals surface area contributed by atoms with Crippen LogP contribution in [0.5, 0.6) is 0 Å². The van der Waals surface area contributed by atoms with Gasteiger partial charge in [-0.05, 0) is 41.0 Å². The SMILES string of the molecule is Cc1ccccc1Nc1ccc(N)c2nonc12. The maximum atomic E-state index is 5.80. The zero-order valence-corrected chi connectivity index (χ0v) is 9.84. The molecular weight excluding hydrogens is 228 g/mol. The van der Waals surface area contributed by atoms with Crippen molar-refractivity contribution in [3.8, 4) is 0 Å². The number of nitrogens with two attached hydrogens (primary N) is 1. The number of aromatic nitrogens is 2. The summed E-state index contributed by atoms with van der Waals surface area (Å²) < 4.78 is 4.73. The van der Waals surface area contributed by atoms with Crippen molar-refractivity contribution in [3.05, 3.63) is 42.0 Å². The van der Waals surface area contributed by atoms with E-state index in [1.807, 2.05) is 37.3 Å². The van der Waals surface area contributed by atoms with Crippen LogP contribution >= 0.6 is 0 Å². The Morgan fingerprint density at radius 1 is 1.00 bits per heavy atom. The number of fused-ring (bicyclic) bond motifs is 1. The van der Waals surface area contributed by atoms with E-state index in [1.165, 1.54) is 0 Å². The first kappa shape index (κ1) is 10.6. The molecule has 2 aromatic carbocycles. The number of rotatable bonds is 2. The van der Waals surface area contributed by atoms with E-state index in [-0.39, 0.29) is 0 Å². The third kappa shape index (κ3) is 1.66. The van der Waals surface area contributed by atoms with Gasteiger partial charge in [0.2, 0.25) is 0 Å². The van der Waals surface area contributed by atoms with Crippen LogP contribution in [0.1, 0.15) is 5.56 Å². The highest BCUT2D eigenvalue weighted by molar-refractivity contribution is 5.96. The lowest BCUT2D eigenvalue weighted by atomic mass is 10.2. The Morgan fingerprint density at radius 2 is 1.78 bits per heavy atom. The monoisotopic (exact) mass is 240 g/mol. The molecule has 0 atom stereocenters. The van der Waals surface area contributed by atoms with Gasteiger partial charge in [-0.15, -0.1) is 0 Å². The highest BCUT2D eigenvalue weighted by Gasteiger charge is 2.10. The predicted octanol–water partition coefficient (Wildman–Crippen LogP) is 2.86. The Labute approximate surface area is 104 Å². The molecule has 0 fully saturated rings. The summed E-state index contributed by atoms with van der Waals surface area (Å²) in [7, 11) is 0. The topological polar surface area (TPSA) is 77.0 Å². The summed E-state index contributed by atoms with van der Waals surface area (Å²) in [4.78, 5) is 0. The van der Waals surface area contributed by atoms with Gasteiger partial charge in [0.15, 0.2) is 11.0 Å². The standard InChI is InChI=1S/C13H12N4O/c1-8-4-2-3-5-10(8)15-11-7-6-9(14)12-13(11)17-18-16-12/h2-7,15H,14H2,1H3. The second-order valence-corrected chi connectivity index (χ2v) is 4.10. The Bertz CT molecular complexity index is 705. The van der Waals surface area contributed by atoms with E-state index in [0.717, 1.165) is 16.9 Å². The van der Waals surface area contributed by atoms with Crippen molar-refractivity contribution < 1.29 is 4.63 Å². The summed E-state index contributed by atoms with van der Waals surface area (Å²) in [6.45, 7) is 2.04. The molecule has 0 spiro atoms. The van der Waals surface area contributed by atoms with Gasteiger partial charge in [-0.25, -0.2) is 4.63 Å². The molecule has 0 unspecified atom stereocenters. The lowest BCUT2D eigenvalue weighted by molar-refractivity contribution is 0.316. The van der Waals surface area contributed by atoms with Gasteiger partial charge in [-0.1, -0.05) is 18.2 Å². The molecule has 3 aromatic rings. The van der Waals surface area contributed by atoms with Gasteiger partial charge >= 0.3 is 0 Å². The van der Waals surface area contributed by atoms with Gasteiger partial charge in [-0.2, -0.15) is 0 Å². The molecule has 0 aliphatic rings. The lowest BCUT2D eigenvalue weighted by Gasteiger charge is -2.09. The maximum Gasteiger partial charge on any atom is 0.160 e. The number of hydrogen-bond donors (Lipinski definition) is 2. The minimum absolute atomic E-state index is 0.557. The number of para-hydroxylation sites is 1. The summed E-state index contributed by atoms with van der Waals surface area (Å²) in [6.07, 6.45) is 0. The molecule has 5 nitrogen and oxygen atoms in total. The van der Waals surface area contributed by atoms with E-state index in [1.54, 1.807) is 6.07 Å². The van der Waals surface area contributed by atoms with E-state index < -0.39 is 0 Å². The number of nitrogens with zero attached hydrogens (tertiary/aromatic N) is 2. The third-order valence-electron chi connectivity index (χ3n) is 2.86. The van der Waals surface area contributed by atoms with Crippen LogP contribution in [0.2, 0.25) is 0 Å². The van der Waals surface area contributed by atoms with Crippen molar-refractivity contribution in [1.29, 1.82) is 0 Å². The Balaban J connectivity index is 2.08. The number of aryl methyl sites for hydroxylation is 1. The number of anilines is 3. The Hall–Kier alpha value is -2.56. The fraction of sp³-hybridized carbons (Fsp3) is 0.0769. The van der Waals surface area contributed by atoms with Gasteiger partial charge < -0.3 is 11.1 Å². The molecule has 90 valence electrons. The lowest BCUT2D eigenvalue weighted by Crippen LogP contribution is -1.95. The second kappa shape index (κ2) is 4.03. The van der Waals surface area contributed by atoms with Gasteiger partial charge in [0.1, 0.15) is 0 Å². The fourth-order valence-corrected chi connectivity index (χ4v) is 1.84. The molecule has 3 N–H and O–H groups in total. The molecule has 0 radical (unpaired) electrons. The summed E-state index contributed by atoms with van der Waals surface area (Å²) in [5.41, 5.74) is 10.6. The largest absolute Gasteiger partial charge is 0.397 e. The summed E-state index contributed by atoms with van der Waals surface area (Å²) in [5.74, 6) is 0. The molecule has 18 heavy (non-hydrogen) atoms. The molecule has 0 saturated heterocycles. The Kier molecular flexibility index (Phi) is 2.37. The van der Waals surface area contributed by atoms with E-state index in [4.69, 9.17) is 10.4 Å². The van der Waals surface area contributed by atoms with Crippen molar-refractivity contribution in [2.75, 3.05) is 11.1 Å². The smallest absolute Gasteiger partial charge is 0.160 e. The molecule has 1 aromatic heterocycles.